The van der Waals surface area contributed by atoms with Crippen molar-refractivity contribution in [3.8, 4) is 0 Å². The molecule has 0 aromatic heterocycles. The average Bonchev–Trinajstić information content (AvgIpc) is 2.12. The molecule has 2 aromatic rings. The van der Waals surface area contributed by atoms with Crippen LogP contribution in [0.5, 0.6) is 0 Å². The van der Waals surface area contributed by atoms with Gasteiger partial charge in [0.15, 0.2) is 0 Å². The van der Waals surface area contributed by atoms with Crippen LogP contribution in [0, 0.1) is 13.8 Å². The number of hydrogen-bond acceptors (Lipinski definition) is 0. The van der Waals surface area contributed by atoms with Gasteiger partial charge in [-0.05, 0) is 35.7 Å². The molecule has 0 aliphatic carbocycles. The van der Waals surface area contributed by atoms with Gasteiger partial charge in [0, 0.05) is 0 Å². The fourth-order valence-corrected chi connectivity index (χ4v) is 1.54. The summed E-state index contributed by atoms with van der Waals surface area (Å²) >= 11 is 0. The van der Waals surface area contributed by atoms with Crippen LogP contribution in [0.4, 0.5) is 0 Å². The summed E-state index contributed by atoms with van der Waals surface area (Å²) in [6.07, 6.45) is 0. The minimum atomic E-state index is 0. The predicted octanol–water partition coefficient (Wildman–Crippen LogP) is 0.461. The van der Waals surface area contributed by atoms with Crippen molar-refractivity contribution in [2.45, 2.75) is 13.8 Å². The summed E-state index contributed by atoms with van der Waals surface area (Å²) in [4.78, 5) is 0. The van der Waals surface area contributed by atoms with Gasteiger partial charge in [0.2, 0.25) is 0 Å². The maximum atomic E-state index is 2.18. The molecule has 0 N–H and O–H groups in total. The van der Waals surface area contributed by atoms with E-state index < -0.39 is 0 Å². The zero-order chi connectivity index (χ0) is 8.55. The molecular weight excluding hydrogens is 167 g/mol. The smallest absolute Gasteiger partial charge is 0.0616 e. The van der Waals surface area contributed by atoms with E-state index in [2.05, 4.69) is 50.2 Å². The van der Waals surface area contributed by atoms with E-state index in [1.54, 1.807) is 0 Å². The third kappa shape index (κ3) is 1.96. The van der Waals surface area contributed by atoms with Crippen LogP contribution in [0.1, 0.15) is 11.1 Å². The summed E-state index contributed by atoms with van der Waals surface area (Å²) in [6, 6.07) is 12.9. The van der Waals surface area contributed by atoms with Crippen molar-refractivity contribution in [3.05, 3.63) is 47.5 Å². The van der Waals surface area contributed by atoms with Crippen LogP contribution in [0.25, 0.3) is 10.8 Å². The maximum Gasteiger partial charge on any atom is 1.00 e. The topological polar surface area (TPSA) is 0 Å². The molecular formula is C12H12Na+. The van der Waals surface area contributed by atoms with Crippen molar-refractivity contribution < 1.29 is 29.6 Å². The van der Waals surface area contributed by atoms with Gasteiger partial charge in [-0.15, -0.1) is 0 Å². The summed E-state index contributed by atoms with van der Waals surface area (Å²) in [5.41, 5.74) is 2.77. The molecule has 0 unspecified atom stereocenters. The van der Waals surface area contributed by atoms with Gasteiger partial charge in [-0.3, -0.25) is 0 Å². The van der Waals surface area contributed by atoms with E-state index in [0.29, 0.717) is 0 Å². The van der Waals surface area contributed by atoms with E-state index in [1.807, 2.05) is 0 Å². The fourth-order valence-electron chi connectivity index (χ4n) is 1.54. The Hall–Kier alpha value is -0.300. The molecule has 0 atom stereocenters. The minimum absolute atomic E-state index is 0. The molecule has 0 bridgehead atoms. The van der Waals surface area contributed by atoms with Crippen molar-refractivity contribution in [1.29, 1.82) is 0 Å². The van der Waals surface area contributed by atoms with Crippen molar-refractivity contribution in [2.75, 3.05) is 0 Å². The SMILES string of the molecule is Cc1ccc2ccccc2c1C.[Na+]. The molecule has 60 valence electrons. The van der Waals surface area contributed by atoms with Crippen LogP contribution in [0.2, 0.25) is 0 Å². The first kappa shape index (κ1) is 10.8. The van der Waals surface area contributed by atoms with Crippen molar-refractivity contribution in [1.82, 2.24) is 0 Å². The molecule has 0 radical (unpaired) electrons. The molecule has 0 aliphatic rings. The van der Waals surface area contributed by atoms with Crippen molar-refractivity contribution in [3.63, 3.8) is 0 Å². The summed E-state index contributed by atoms with van der Waals surface area (Å²) in [6.45, 7) is 4.33. The van der Waals surface area contributed by atoms with E-state index in [-0.39, 0.29) is 29.6 Å². The van der Waals surface area contributed by atoms with E-state index in [4.69, 9.17) is 0 Å². The van der Waals surface area contributed by atoms with Crippen LogP contribution in [-0.2, 0) is 0 Å². The Bertz CT molecular complexity index is 418. The Labute approximate surface area is 101 Å². The summed E-state index contributed by atoms with van der Waals surface area (Å²) in [7, 11) is 0. The standard InChI is InChI=1S/C12H12.Na/c1-9-7-8-11-5-3-4-6-12(11)10(9)2;/h3-8H,1-2H3;/q;+1. The third-order valence-corrected chi connectivity index (χ3v) is 2.47. The quantitative estimate of drug-likeness (QED) is 0.515. The molecule has 0 saturated heterocycles. The van der Waals surface area contributed by atoms with Gasteiger partial charge in [-0.1, -0.05) is 36.4 Å². The summed E-state index contributed by atoms with van der Waals surface area (Å²) < 4.78 is 0. The van der Waals surface area contributed by atoms with Crippen LogP contribution in [-0.4, -0.2) is 0 Å². The van der Waals surface area contributed by atoms with Crippen LogP contribution in [0.3, 0.4) is 0 Å². The predicted molar refractivity (Wildman–Crippen MR) is 53.4 cm³/mol. The Morgan fingerprint density at radius 2 is 1.54 bits per heavy atom. The van der Waals surface area contributed by atoms with Gasteiger partial charge in [-0.2, -0.15) is 0 Å². The van der Waals surface area contributed by atoms with Gasteiger partial charge >= 0.3 is 29.6 Å². The molecule has 13 heavy (non-hydrogen) atoms. The second kappa shape index (κ2) is 4.28. The Morgan fingerprint density at radius 3 is 2.31 bits per heavy atom. The van der Waals surface area contributed by atoms with Crippen LogP contribution < -0.4 is 29.6 Å². The third-order valence-electron chi connectivity index (χ3n) is 2.47. The van der Waals surface area contributed by atoms with Gasteiger partial charge in [0.25, 0.3) is 0 Å². The zero-order valence-corrected chi connectivity index (χ0v) is 10.5. The second-order valence-electron chi connectivity index (χ2n) is 3.23. The minimum Gasteiger partial charge on any atom is -0.0616 e. The molecule has 0 saturated carbocycles. The summed E-state index contributed by atoms with van der Waals surface area (Å²) in [5.74, 6) is 0. The van der Waals surface area contributed by atoms with E-state index in [9.17, 15) is 0 Å². The zero-order valence-electron chi connectivity index (χ0n) is 8.46. The van der Waals surface area contributed by atoms with E-state index >= 15 is 0 Å². The van der Waals surface area contributed by atoms with Gasteiger partial charge < -0.3 is 0 Å². The molecule has 2 rings (SSSR count). The molecule has 0 amide bonds. The van der Waals surface area contributed by atoms with Gasteiger partial charge in [0.1, 0.15) is 0 Å². The fraction of sp³-hybridized carbons (Fsp3) is 0.167. The van der Waals surface area contributed by atoms with Crippen LogP contribution >= 0.6 is 0 Å². The first-order valence-corrected chi connectivity index (χ1v) is 4.24. The Kier molecular flexibility index (Phi) is 3.55. The van der Waals surface area contributed by atoms with E-state index in [1.165, 1.54) is 21.9 Å². The average molecular weight is 179 g/mol. The maximum absolute atomic E-state index is 2.18. The van der Waals surface area contributed by atoms with Crippen molar-refractivity contribution in [2.24, 2.45) is 0 Å². The first-order chi connectivity index (χ1) is 5.79. The molecule has 0 aliphatic heterocycles. The second-order valence-corrected chi connectivity index (χ2v) is 3.23. The number of hydrogen-bond donors (Lipinski definition) is 0. The Morgan fingerprint density at radius 1 is 0.846 bits per heavy atom. The monoisotopic (exact) mass is 179 g/mol. The van der Waals surface area contributed by atoms with E-state index in [0.717, 1.165) is 0 Å². The molecule has 0 fully saturated rings. The first-order valence-electron chi connectivity index (χ1n) is 4.24. The normalized spacial score (nSPS) is 9.69. The number of benzene rings is 2. The van der Waals surface area contributed by atoms with Gasteiger partial charge in [-0.25, -0.2) is 0 Å². The number of fused-ring (bicyclic) bond motifs is 1. The number of aryl methyl sites for hydroxylation is 2. The molecule has 0 heterocycles. The number of rotatable bonds is 0. The van der Waals surface area contributed by atoms with Gasteiger partial charge in [0.05, 0.1) is 0 Å². The largest absolute Gasteiger partial charge is 1.00 e. The van der Waals surface area contributed by atoms with Crippen LogP contribution in [0.15, 0.2) is 36.4 Å². The Balaban J connectivity index is 0.000000845. The molecule has 2 aromatic carbocycles. The molecule has 0 nitrogen and oxygen atoms in total. The molecule has 1 heteroatoms. The molecule has 0 spiro atoms. The summed E-state index contributed by atoms with van der Waals surface area (Å²) in [5, 5.41) is 2.71. The van der Waals surface area contributed by atoms with Crippen molar-refractivity contribution >= 4 is 10.8 Å².